The number of benzene rings is 9. The Bertz CT molecular complexity index is 2800. The number of hydrogen-bond acceptors (Lipinski definition) is 1. The average Bonchev–Trinajstić information content (AvgIpc) is 3.68. The summed E-state index contributed by atoms with van der Waals surface area (Å²) in [6.45, 7) is 0. The van der Waals surface area contributed by atoms with Gasteiger partial charge in [0.25, 0.3) is 0 Å². The molecule has 1 nitrogen and oxygen atoms in total. The van der Waals surface area contributed by atoms with Crippen molar-refractivity contribution >= 4 is 38.6 Å². The molecule has 0 aromatic heterocycles. The third kappa shape index (κ3) is 3.99. The standard InChI is InChI=1S/C51H33N/c1-3-16-34(17-4-1)35-20-15-23-39(30-35)52(38-21-5-2-6-22-38)49-33-48-50(43-27-10-9-26-42(43)49)44-31-36-18-7-8-19-37(36)32-47(44)51(48)45-28-13-11-24-40(45)41-25-12-14-29-46(41)51/h1-33H. The molecule has 0 saturated carbocycles. The van der Waals surface area contributed by atoms with E-state index in [1.54, 1.807) is 0 Å². The summed E-state index contributed by atoms with van der Waals surface area (Å²) in [5, 5.41) is 5.03. The number of rotatable bonds is 4. The molecule has 9 aromatic rings. The molecule has 0 amide bonds. The summed E-state index contributed by atoms with van der Waals surface area (Å²) in [7, 11) is 0. The zero-order chi connectivity index (χ0) is 34.2. The zero-order valence-corrected chi connectivity index (χ0v) is 28.5. The van der Waals surface area contributed by atoms with Crippen LogP contribution < -0.4 is 4.90 Å². The SMILES string of the molecule is c1ccc(-c2cccc(N(c3ccccc3)c3cc4c(c5ccccc35)-c3cc5ccccc5cc3C43c4ccccc4-c4ccccc43)c2)cc1. The van der Waals surface area contributed by atoms with Gasteiger partial charge in [-0.25, -0.2) is 0 Å². The summed E-state index contributed by atoms with van der Waals surface area (Å²) in [5.74, 6) is 0. The van der Waals surface area contributed by atoms with Crippen molar-refractivity contribution in [1.29, 1.82) is 0 Å². The average molecular weight is 660 g/mol. The van der Waals surface area contributed by atoms with Crippen molar-refractivity contribution in [2.75, 3.05) is 4.90 Å². The number of para-hydroxylation sites is 1. The first-order chi connectivity index (χ1) is 25.8. The van der Waals surface area contributed by atoms with E-state index in [4.69, 9.17) is 0 Å². The molecule has 0 N–H and O–H groups in total. The van der Waals surface area contributed by atoms with Crippen LogP contribution in [0.2, 0.25) is 0 Å². The van der Waals surface area contributed by atoms with E-state index in [1.807, 2.05) is 0 Å². The van der Waals surface area contributed by atoms with E-state index in [9.17, 15) is 0 Å². The van der Waals surface area contributed by atoms with Crippen LogP contribution in [0.25, 0.3) is 54.9 Å². The zero-order valence-electron chi connectivity index (χ0n) is 28.5. The molecular formula is C51H33N. The molecule has 0 atom stereocenters. The van der Waals surface area contributed by atoms with Gasteiger partial charge in [-0.2, -0.15) is 0 Å². The molecule has 242 valence electrons. The number of fused-ring (bicyclic) bond motifs is 13. The largest absolute Gasteiger partial charge is 0.310 e. The Morgan fingerprint density at radius 1 is 0.327 bits per heavy atom. The highest BCUT2D eigenvalue weighted by Gasteiger charge is 2.52. The highest BCUT2D eigenvalue weighted by Crippen LogP contribution is 2.65. The molecule has 0 saturated heterocycles. The van der Waals surface area contributed by atoms with Crippen LogP contribution in [0.3, 0.4) is 0 Å². The molecule has 2 aliphatic rings. The highest BCUT2D eigenvalue weighted by atomic mass is 15.1. The van der Waals surface area contributed by atoms with E-state index in [0.717, 1.165) is 11.4 Å². The van der Waals surface area contributed by atoms with Gasteiger partial charge in [0.15, 0.2) is 0 Å². The molecule has 2 aliphatic carbocycles. The van der Waals surface area contributed by atoms with Crippen molar-refractivity contribution in [2.24, 2.45) is 0 Å². The van der Waals surface area contributed by atoms with Crippen LogP contribution in [0.1, 0.15) is 22.3 Å². The van der Waals surface area contributed by atoms with E-state index < -0.39 is 5.41 Å². The van der Waals surface area contributed by atoms with E-state index in [0.29, 0.717) is 0 Å². The topological polar surface area (TPSA) is 3.24 Å². The van der Waals surface area contributed by atoms with Gasteiger partial charge in [-0.3, -0.25) is 0 Å². The fourth-order valence-electron chi connectivity index (χ4n) is 9.30. The van der Waals surface area contributed by atoms with Gasteiger partial charge >= 0.3 is 0 Å². The van der Waals surface area contributed by atoms with Crippen molar-refractivity contribution in [2.45, 2.75) is 5.41 Å². The van der Waals surface area contributed by atoms with Gasteiger partial charge in [0.2, 0.25) is 0 Å². The minimum absolute atomic E-state index is 0.477. The van der Waals surface area contributed by atoms with Gasteiger partial charge in [0.1, 0.15) is 0 Å². The first kappa shape index (κ1) is 29.1. The first-order valence-corrected chi connectivity index (χ1v) is 18.1. The number of hydrogen-bond donors (Lipinski definition) is 0. The monoisotopic (exact) mass is 659 g/mol. The first-order valence-electron chi connectivity index (χ1n) is 18.1. The molecule has 0 heterocycles. The van der Waals surface area contributed by atoms with Crippen LogP contribution >= 0.6 is 0 Å². The molecule has 1 spiro atoms. The van der Waals surface area contributed by atoms with Gasteiger partial charge < -0.3 is 4.90 Å². The molecule has 52 heavy (non-hydrogen) atoms. The molecule has 9 aromatic carbocycles. The molecule has 0 radical (unpaired) electrons. The van der Waals surface area contributed by atoms with Crippen LogP contribution in [0.4, 0.5) is 17.1 Å². The summed E-state index contributed by atoms with van der Waals surface area (Å²) in [5.41, 5.74) is 16.0. The third-order valence-corrected chi connectivity index (χ3v) is 11.4. The third-order valence-electron chi connectivity index (χ3n) is 11.4. The Balaban J connectivity index is 1.29. The van der Waals surface area contributed by atoms with Crippen LogP contribution in [-0.4, -0.2) is 0 Å². The van der Waals surface area contributed by atoms with Gasteiger partial charge in [-0.15, -0.1) is 0 Å². The van der Waals surface area contributed by atoms with E-state index >= 15 is 0 Å². The molecule has 1 heteroatoms. The quantitative estimate of drug-likeness (QED) is 0.182. The van der Waals surface area contributed by atoms with Gasteiger partial charge in [-0.05, 0) is 114 Å². The van der Waals surface area contributed by atoms with Crippen molar-refractivity contribution < 1.29 is 0 Å². The van der Waals surface area contributed by atoms with Crippen molar-refractivity contribution in [3.63, 3.8) is 0 Å². The maximum absolute atomic E-state index is 2.53. The van der Waals surface area contributed by atoms with Crippen molar-refractivity contribution in [1.82, 2.24) is 0 Å². The summed E-state index contributed by atoms with van der Waals surface area (Å²) in [6, 6.07) is 74.1. The Labute approximate surface area is 303 Å². The second-order valence-electron chi connectivity index (χ2n) is 14.0. The Morgan fingerprint density at radius 2 is 0.885 bits per heavy atom. The van der Waals surface area contributed by atoms with E-state index in [1.165, 1.54) is 82.9 Å². The highest BCUT2D eigenvalue weighted by molar-refractivity contribution is 6.13. The smallest absolute Gasteiger partial charge is 0.0726 e. The van der Waals surface area contributed by atoms with Crippen molar-refractivity contribution in [3.05, 3.63) is 222 Å². The summed E-state index contributed by atoms with van der Waals surface area (Å²) < 4.78 is 0. The summed E-state index contributed by atoms with van der Waals surface area (Å²) in [4.78, 5) is 2.47. The molecule has 11 rings (SSSR count). The lowest BCUT2D eigenvalue weighted by molar-refractivity contribution is 0.795. The van der Waals surface area contributed by atoms with Crippen LogP contribution in [0.5, 0.6) is 0 Å². The predicted molar refractivity (Wildman–Crippen MR) is 218 cm³/mol. The maximum atomic E-state index is 2.53. The Morgan fingerprint density at radius 3 is 1.62 bits per heavy atom. The molecule has 0 unspecified atom stereocenters. The molecule has 0 bridgehead atoms. The Kier molecular flexibility index (Phi) is 6.23. The molecule has 0 aliphatic heterocycles. The van der Waals surface area contributed by atoms with Crippen LogP contribution in [-0.2, 0) is 5.41 Å². The number of nitrogens with zero attached hydrogens (tertiary/aromatic N) is 1. The second kappa shape index (κ2) is 11.2. The molecule has 0 fully saturated rings. The van der Waals surface area contributed by atoms with Crippen LogP contribution in [0.15, 0.2) is 200 Å². The fraction of sp³-hybridized carbons (Fsp3) is 0.0196. The van der Waals surface area contributed by atoms with Gasteiger partial charge in [0.05, 0.1) is 11.1 Å². The minimum Gasteiger partial charge on any atom is -0.310 e. The Hall–Kier alpha value is -6.70. The lowest BCUT2D eigenvalue weighted by Gasteiger charge is -2.33. The van der Waals surface area contributed by atoms with Crippen molar-refractivity contribution in [3.8, 4) is 33.4 Å². The lowest BCUT2D eigenvalue weighted by atomic mass is 9.70. The fourth-order valence-corrected chi connectivity index (χ4v) is 9.30. The van der Waals surface area contributed by atoms with E-state index in [2.05, 4.69) is 205 Å². The normalized spacial score (nSPS) is 13.2. The summed E-state index contributed by atoms with van der Waals surface area (Å²) >= 11 is 0. The van der Waals surface area contributed by atoms with Gasteiger partial charge in [0, 0.05) is 16.8 Å². The lowest BCUT2D eigenvalue weighted by Crippen LogP contribution is -2.26. The maximum Gasteiger partial charge on any atom is 0.0726 e. The van der Waals surface area contributed by atoms with Gasteiger partial charge in [-0.1, -0.05) is 158 Å². The van der Waals surface area contributed by atoms with Crippen LogP contribution in [0, 0.1) is 0 Å². The number of anilines is 3. The van der Waals surface area contributed by atoms with E-state index in [-0.39, 0.29) is 0 Å². The predicted octanol–water partition coefficient (Wildman–Crippen LogP) is 13.5. The second-order valence-corrected chi connectivity index (χ2v) is 14.0. The molecular weight excluding hydrogens is 627 g/mol. The summed E-state index contributed by atoms with van der Waals surface area (Å²) in [6.07, 6.45) is 0. The minimum atomic E-state index is -0.477.